The van der Waals surface area contributed by atoms with Gasteiger partial charge in [-0.15, -0.1) is 5.10 Å². The molecule has 0 radical (unpaired) electrons. The van der Waals surface area contributed by atoms with Crippen LogP contribution in [0.5, 0.6) is 0 Å². The molecule has 0 aromatic carbocycles. The minimum atomic E-state index is -0.635. The van der Waals surface area contributed by atoms with Gasteiger partial charge in [0.2, 0.25) is 5.91 Å². The highest BCUT2D eigenvalue weighted by molar-refractivity contribution is 5.77. The average molecular weight is 198 g/mol. The Bertz CT molecular complexity index is 323. The third kappa shape index (κ3) is 2.08. The molecule has 14 heavy (non-hydrogen) atoms. The number of aliphatic hydroxyl groups is 1. The van der Waals surface area contributed by atoms with E-state index < -0.39 is 18.1 Å². The van der Waals surface area contributed by atoms with Gasteiger partial charge in [-0.25, -0.2) is 4.68 Å². The number of aromatic nitrogens is 3. The Balaban J connectivity index is 2.82. The summed E-state index contributed by atoms with van der Waals surface area (Å²) in [5, 5.41) is 16.9. The number of rotatable bonds is 4. The predicted octanol–water partition coefficient (Wildman–Crippen LogP) is -0.232. The lowest BCUT2D eigenvalue weighted by Crippen LogP contribution is -2.24. The summed E-state index contributed by atoms with van der Waals surface area (Å²) >= 11 is 0. The van der Waals surface area contributed by atoms with Gasteiger partial charge in [0.05, 0.1) is 12.3 Å². The van der Waals surface area contributed by atoms with Crippen LogP contribution in [0.15, 0.2) is 6.20 Å². The van der Waals surface area contributed by atoms with Gasteiger partial charge in [0.15, 0.2) is 0 Å². The molecular weight excluding hydrogens is 184 g/mol. The highest BCUT2D eigenvalue weighted by Gasteiger charge is 2.15. The minimum absolute atomic E-state index is 0.459. The molecule has 1 rings (SSSR count). The lowest BCUT2D eigenvalue weighted by Gasteiger charge is -2.05. The molecule has 0 aliphatic rings. The number of aliphatic hydroxyl groups excluding tert-OH is 1. The van der Waals surface area contributed by atoms with Crippen LogP contribution in [0.4, 0.5) is 0 Å². The molecule has 1 amide bonds. The molecule has 78 valence electrons. The first kappa shape index (κ1) is 10.6. The Kier molecular flexibility index (Phi) is 3.19. The number of hydrogen-bond donors (Lipinski definition) is 2. The molecular formula is C8H14N4O2. The number of nitrogens with two attached hydrogens (primary N) is 1. The van der Waals surface area contributed by atoms with Crippen LogP contribution in [0.2, 0.25) is 0 Å². The van der Waals surface area contributed by atoms with Gasteiger partial charge in [-0.3, -0.25) is 4.79 Å². The lowest BCUT2D eigenvalue weighted by molar-refractivity contribution is -0.120. The molecule has 1 aromatic heterocycles. The Morgan fingerprint density at radius 1 is 1.79 bits per heavy atom. The van der Waals surface area contributed by atoms with Crippen LogP contribution in [0.1, 0.15) is 38.1 Å². The Morgan fingerprint density at radius 3 is 2.93 bits per heavy atom. The molecule has 0 saturated carbocycles. The molecule has 1 aromatic rings. The van der Waals surface area contributed by atoms with Crippen molar-refractivity contribution < 1.29 is 9.90 Å². The van der Waals surface area contributed by atoms with E-state index in [1.807, 2.05) is 6.92 Å². The predicted molar refractivity (Wildman–Crippen MR) is 49.2 cm³/mol. The first-order valence-corrected chi connectivity index (χ1v) is 4.45. The third-order valence-electron chi connectivity index (χ3n) is 2.06. The molecule has 6 nitrogen and oxygen atoms in total. The van der Waals surface area contributed by atoms with Crippen molar-refractivity contribution in [2.45, 2.75) is 32.4 Å². The average Bonchev–Trinajstić information content (AvgIpc) is 2.64. The lowest BCUT2D eigenvalue weighted by atomic mass is 10.2. The highest BCUT2D eigenvalue weighted by atomic mass is 16.3. The van der Waals surface area contributed by atoms with Crippen molar-refractivity contribution in [3.8, 4) is 0 Å². The third-order valence-corrected chi connectivity index (χ3v) is 2.06. The molecule has 0 spiro atoms. The standard InChI is InChI=1S/C8H14N4O2/c1-3-7(13)6-4-12(11-10-6)5(2)8(9)14/h4-5,7,13H,3H2,1-2H3,(H2,9,14). The molecule has 2 atom stereocenters. The molecule has 0 saturated heterocycles. The summed E-state index contributed by atoms with van der Waals surface area (Å²) < 4.78 is 1.34. The van der Waals surface area contributed by atoms with Gasteiger partial charge in [-0.05, 0) is 13.3 Å². The maximum atomic E-state index is 10.8. The van der Waals surface area contributed by atoms with Crippen LogP contribution in [-0.4, -0.2) is 26.0 Å². The fraction of sp³-hybridized carbons (Fsp3) is 0.625. The van der Waals surface area contributed by atoms with Gasteiger partial charge in [-0.1, -0.05) is 12.1 Å². The second-order valence-corrected chi connectivity index (χ2v) is 3.13. The second kappa shape index (κ2) is 4.19. The highest BCUT2D eigenvalue weighted by Crippen LogP contribution is 2.13. The molecule has 0 aliphatic carbocycles. The SMILES string of the molecule is CCC(O)c1cn(C(C)C(N)=O)nn1. The number of carbonyl (C=O) groups excluding carboxylic acids is 1. The minimum Gasteiger partial charge on any atom is -0.387 e. The fourth-order valence-electron chi connectivity index (χ4n) is 0.972. The maximum Gasteiger partial charge on any atom is 0.242 e. The van der Waals surface area contributed by atoms with E-state index in [9.17, 15) is 9.90 Å². The van der Waals surface area contributed by atoms with E-state index in [4.69, 9.17) is 5.73 Å². The zero-order valence-corrected chi connectivity index (χ0v) is 8.21. The summed E-state index contributed by atoms with van der Waals surface area (Å²) in [7, 11) is 0. The van der Waals surface area contributed by atoms with Crippen molar-refractivity contribution in [1.82, 2.24) is 15.0 Å². The fourth-order valence-corrected chi connectivity index (χ4v) is 0.972. The van der Waals surface area contributed by atoms with Crippen molar-refractivity contribution in [1.29, 1.82) is 0 Å². The van der Waals surface area contributed by atoms with E-state index in [0.717, 1.165) is 0 Å². The second-order valence-electron chi connectivity index (χ2n) is 3.13. The van der Waals surface area contributed by atoms with Gasteiger partial charge in [-0.2, -0.15) is 0 Å². The molecule has 0 aliphatic heterocycles. The van der Waals surface area contributed by atoms with E-state index in [-0.39, 0.29) is 0 Å². The Hall–Kier alpha value is -1.43. The van der Waals surface area contributed by atoms with Gasteiger partial charge >= 0.3 is 0 Å². The largest absolute Gasteiger partial charge is 0.387 e. The summed E-state index contributed by atoms with van der Waals surface area (Å²) in [6.45, 7) is 3.46. The van der Waals surface area contributed by atoms with Crippen molar-refractivity contribution in [2.24, 2.45) is 5.73 Å². The van der Waals surface area contributed by atoms with Crippen LogP contribution in [-0.2, 0) is 4.79 Å². The Morgan fingerprint density at radius 2 is 2.43 bits per heavy atom. The van der Waals surface area contributed by atoms with Gasteiger partial charge in [0, 0.05) is 0 Å². The van der Waals surface area contributed by atoms with Crippen molar-refractivity contribution in [2.75, 3.05) is 0 Å². The molecule has 0 bridgehead atoms. The molecule has 6 heteroatoms. The summed E-state index contributed by atoms with van der Waals surface area (Å²) in [5.41, 5.74) is 5.55. The van der Waals surface area contributed by atoms with E-state index in [1.165, 1.54) is 10.9 Å². The number of carbonyl (C=O) groups is 1. The molecule has 2 unspecified atom stereocenters. The van der Waals surface area contributed by atoms with Crippen LogP contribution in [0, 0.1) is 0 Å². The summed E-state index contributed by atoms with van der Waals surface area (Å²) in [6.07, 6.45) is 1.46. The normalized spacial score (nSPS) is 15.1. The van der Waals surface area contributed by atoms with E-state index in [2.05, 4.69) is 10.3 Å². The van der Waals surface area contributed by atoms with Crippen LogP contribution in [0.3, 0.4) is 0 Å². The Labute approximate surface area is 81.7 Å². The zero-order valence-electron chi connectivity index (χ0n) is 8.21. The van der Waals surface area contributed by atoms with Crippen LogP contribution >= 0.6 is 0 Å². The summed E-state index contributed by atoms with van der Waals surface area (Å²) in [4.78, 5) is 10.8. The first-order chi connectivity index (χ1) is 6.56. The molecule has 1 heterocycles. The maximum absolute atomic E-state index is 10.8. The number of primary amides is 1. The van der Waals surface area contributed by atoms with Crippen molar-refractivity contribution in [3.05, 3.63) is 11.9 Å². The number of nitrogens with zero attached hydrogens (tertiary/aromatic N) is 3. The smallest absolute Gasteiger partial charge is 0.242 e. The van der Waals surface area contributed by atoms with Crippen LogP contribution in [0.25, 0.3) is 0 Å². The molecule has 0 fully saturated rings. The number of hydrogen-bond acceptors (Lipinski definition) is 4. The van der Waals surface area contributed by atoms with E-state index in [0.29, 0.717) is 12.1 Å². The number of amides is 1. The first-order valence-electron chi connectivity index (χ1n) is 4.45. The zero-order chi connectivity index (χ0) is 10.7. The van der Waals surface area contributed by atoms with E-state index >= 15 is 0 Å². The van der Waals surface area contributed by atoms with Gasteiger partial charge in [0.1, 0.15) is 11.7 Å². The quantitative estimate of drug-likeness (QED) is 0.698. The van der Waals surface area contributed by atoms with E-state index in [1.54, 1.807) is 6.92 Å². The van der Waals surface area contributed by atoms with Crippen LogP contribution < -0.4 is 5.73 Å². The van der Waals surface area contributed by atoms with Crippen molar-refractivity contribution in [3.63, 3.8) is 0 Å². The summed E-state index contributed by atoms with van der Waals surface area (Å²) in [6, 6.07) is -0.541. The van der Waals surface area contributed by atoms with Gasteiger partial charge in [0.25, 0.3) is 0 Å². The molecule has 3 N–H and O–H groups in total. The topological polar surface area (TPSA) is 94.0 Å². The summed E-state index contributed by atoms with van der Waals surface area (Å²) in [5.74, 6) is -0.479. The monoisotopic (exact) mass is 198 g/mol. The van der Waals surface area contributed by atoms with Gasteiger partial charge < -0.3 is 10.8 Å². The van der Waals surface area contributed by atoms with Crippen molar-refractivity contribution >= 4 is 5.91 Å².